The summed E-state index contributed by atoms with van der Waals surface area (Å²) in [4.78, 5) is 20.4. The summed E-state index contributed by atoms with van der Waals surface area (Å²) in [5, 5.41) is 1.20. The lowest BCUT2D eigenvalue weighted by Gasteiger charge is -2.53. The van der Waals surface area contributed by atoms with Crippen LogP contribution in [-0.2, 0) is 14.8 Å². The van der Waals surface area contributed by atoms with Crippen molar-refractivity contribution in [3.05, 3.63) is 118 Å². The highest BCUT2D eigenvalue weighted by Gasteiger charge is 2.54. The number of likely N-dealkylation sites (tertiary alicyclic amines) is 1. The molecule has 0 aromatic heterocycles. The quantitative estimate of drug-likeness (QED) is 0.166. The van der Waals surface area contributed by atoms with Crippen molar-refractivity contribution >= 4 is 50.5 Å². The van der Waals surface area contributed by atoms with Crippen molar-refractivity contribution in [3.8, 4) is 0 Å². The zero-order valence-corrected chi connectivity index (χ0v) is 26.6. The van der Waals surface area contributed by atoms with Gasteiger partial charge in [-0.2, -0.15) is 0 Å². The minimum atomic E-state index is -3.80. The lowest BCUT2D eigenvalue weighted by atomic mass is 9.67. The standard InChI is InChI=1S/C34H35Cl2N3O3S/c1-5-19-34(2)21-28(25-9-8-10-27(36)20-25)32(24-15-17-26(35)18-16-24)39(33(34)40)31(23-13-14-23)22-38(43(4,41)42)30-12-7-6-11-29(30)37-3/h5-12,15-18,20,23,28,31-32H,1,13-14,19,21-22H2,2,4H3/t28-,31-,32?,34+/m1/s1. The molecule has 1 saturated heterocycles. The molecule has 1 aliphatic carbocycles. The molecule has 224 valence electrons. The summed E-state index contributed by atoms with van der Waals surface area (Å²) in [5.74, 6) is -0.0605. The van der Waals surface area contributed by atoms with Gasteiger partial charge in [0.25, 0.3) is 0 Å². The van der Waals surface area contributed by atoms with Crippen LogP contribution >= 0.6 is 23.2 Å². The molecule has 0 radical (unpaired) electrons. The van der Waals surface area contributed by atoms with E-state index in [4.69, 9.17) is 29.8 Å². The molecule has 43 heavy (non-hydrogen) atoms. The number of benzene rings is 3. The van der Waals surface area contributed by atoms with Gasteiger partial charge in [0, 0.05) is 16.0 Å². The third-order valence-electron chi connectivity index (χ3n) is 8.73. The number of hydrogen-bond donors (Lipinski definition) is 0. The number of hydrogen-bond acceptors (Lipinski definition) is 3. The van der Waals surface area contributed by atoms with Crippen molar-refractivity contribution in [1.29, 1.82) is 0 Å². The summed E-state index contributed by atoms with van der Waals surface area (Å²) in [7, 11) is -3.80. The van der Waals surface area contributed by atoms with Crippen LogP contribution in [0.15, 0.2) is 85.5 Å². The van der Waals surface area contributed by atoms with Gasteiger partial charge in [-0.05, 0) is 73.1 Å². The number of rotatable bonds is 10. The van der Waals surface area contributed by atoms with E-state index in [1.54, 1.807) is 30.3 Å². The molecule has 4 atom stereocenters. The van der Waals surface area contributed by atoms with Crippen molar-refractivity contribution in [3.63, 3.8) is 0 Å². The second-order valence-electron chi connectivity index (χ2n) is 11.9. The SMILES string of the molecule is [C-]#[N+]c1ccccc1N(C[C@H](C1CC1)N1C(=O)[C@@](C)(CC=C)C[C@H](c2cccc(Cl)c2)C1c1ccc(Cl)cc1)S(C)(=O)=O. The van der Waals surface area contributed by atoms with Crippen LogP contribution in [0.3, 0.4) is 0 Å². The average molecular weight is 637 g/mol. The first-order valence-electron chi connectivity index (χ1n) is 14.4. The van der Waals surface area contributed by atoms with Gasteiger partial charge in [-0.15, -0.1) is 6.58 Å². The lowest BCUT2D eigenvalue weighted by molar-refractivity contribution is -0.154. The average Bonchev–Trinajstić information content (AvgIpc) is 3.81. The minimum Gasteiger partial charge on any atom is -0.329 e. The number of piperidine rings is 1. The van der Waals surface area contributed by atoms with E-state index in [9.17, 15) is 13.2 Å². The normalized spacial score (nSPS) is 23.0. The first-order valence-corrected chi connectivity index (χ1v) is 17.0. The fraction of sp³-hybridized carbons (Fsp3) is 0.353. The second-order valence-corrected chi connectivity index (χ2v) is 14.7. The molecule has 5 rings (SSSR count). The van der Waals surface area contributed by atoms with E-state index in [-0.39, 0.29) is 30.0 Å². The van der Waals surface area contributed by atoms with Gasteiger partial charge in [0.2, 0.25) is 21.6 Å². The summed E-state index contributed by atoms with van der Waals surface area (Å²) in [6.07, 6.45) is 5.74. The van der Waals surface area contributed by atoms with Crippen LogP contribution in [0.2, 0.25) is 10.0 Å². The van der Waals surface area contributed by atoms with Crippen LogP contribution in [0.25, 0.3) is 4.85 Å². The van der Waals surface area contributed by atoms with Crippen LogP contribution in [-0.4, -0.2) is 38.1 Å². The lowest BCUT2D eigenvalue weighted by Crippen LogP contribution is -2.59. The molecule has 1 saturated carbocycles. The fourth-order valence-electron chi connectivity index (χ4n) is 6.55. The maximum absolute atomic E-state index is 14.8. The van der Waals surface area contributed by atoms with Crippen LogP contribution < -0.4 is 4.31 Å². The van der Waals surface area contributed by atoms with E-state index in [0.717, 1.165) is 30.2 Å². The zero-order chi connectivity index (χ0) is 30.9. The van der Waals surface area contributed by atoms with Gasteiger partial charge in [0.15, 0.2) is 0 Å². The Morgan fingerprint density at radius 2 is 1.77 bits per heavy atom. The predicted octanol–water partition coefficient (Wildman–Crippen LogP) is 8.43. The van der Waals surface area contributed by atoms with Gasteiger partial charge in [-0.1, -0.05) is 78.7 Å². The monoisotopic (exact) mass is 635 g/mol. The van der Waals surface area contributed by atoms with E-state index in [1.165, 1.54) is 4.31 Å². The molecule has 1 heterocycles. The van der Waals surface area contributed by atoms with E-state index in [2.05, 4.69) is 11.4 Å². The summed E-state index contributed by atoms with van der Waals surface area (Å²) in [6, 6.07) is 21.2. The molecular formula is C34H35Cl2N3O3S. The Bertz CT molecular complexity index is 1670. The van der Waals surface area contributed by atoms with Crippen molar-refractivity contribution < 1.29 is 13.2 Å². The Labute approximate surface area is 264 Å². The van der Waals surface area contributed by atoms with Gasteiger partial charge in [0.05, 0.1) is 42.6 Å². The molecule has 3 aromatic carbocycles. The maximum atomic E-state index is 14.8. The molecule has 2 aliphatic rings. The molecule has 1 amide bonds. The Morgan fingerprint density at radius 1 is 1.07 bits per heavy atom. The summed E-state index contributed by atoms with van der Waals surface area (Å²) < 4.78 is 28.0. The van der Waals surface area contributed by atoms with E-state index in [0.29, 0.717) is 28.6 Å². The third kappa shape index (κ3) is 6.47. The van der Waals surface area contributed by atoms with Gasteiger partial charge < -0.3 is 4.90 Å². The van der Waals surface area contributed by atoms with Crippen molar-refractivity contribution in [2.24, 2.45) is 11.3 Å². The zero-order valence-electron chi connectivity index (χ0n) is 24.3. The third-order valence-corrected chi connectivity index (χ3v) is 10.4. The summed E-state index contributed by atoms with van der Waals surface area (Å²) >= 11 is 12.8. The molecule has 0 bridgehead atoms. The summed E-state index contributed by atoms with van der Waals surface area (Å²) in [5.41, 5.74) is 1.72. The Hall–Kier alpha value is -3.31. The van der Waals surface area contributed by atoms with Gasteiger partial charge in [-0.25, -0.2) is 13.3 Å². The first kappa shape index (κ1) is 31.1. The first-order chi connectivity index (χ1) is 20.5. The van der Waals surface area contributed by atoms with Crippen LogP contribution in [0.1, 0.15) is 55.7 Å². The molecule has 9 heteroatoms. The molecule has 0 spiro atoms. The molecule has 1 unspecified atom stereocenters. The molecule has 6 nitrogen and oxygen atoms in total. The molecule has 1 aliphatic heterocycles. The molecule has 3 aromatic rings. The number of sulfonamides is 1. The summed E-state index contributed by atoms with van der Waals surface area (Å²) in [6.45, 7) is 13.7. The number of carbonyl (C=O) groups excluding carboxylic acids is 1. The van der Waals surface area contributed by atoms with Crippen molar-refractivity contribution in [1.82, 2.24) is 4.90 Å². The Kier molecular flexibility index (Phi) is 8.94. The Balaban J connectivity index is 1.71. The number of halogens is 2. The van der Waals surface area contributed by atoms with Crippen LogP contribution in [0.4, 0.5) is 11.4 Å². The highest BCUT2D eigenvalue weighted by atomic mass is 35.5. The Morgan fingerprint density at radius 3 is 2.37 bits per heavy atom. The second kappa shape index (κ2) is 12.4. The number of allylic oxidation sites excluding steroid dienone is 1. The van der Waals surface area contributed by atoms with Crippen molar-refractivity contribution in [2.45, 2.75) is 50.6 Å². The highest BCUT2D eigenvalue weighted by molar-refractivity contribution is 7.92. The number of nitrogens with zero attached hydrogens (tertiary/aromatic N) is 3. The van der Waals surface area contributed by atoms with Gasteiger partial charge in [0.1, 0.15) is 0 Å². The van der Waals surface area contributed by atoms with Crippen LogP contribution in [0, 0.1) is 17.9 Å². The van der Waals surface area contributed by atoms with Crippen molar-refractivity contribution in [2.75, 3.05) is 17.1 Å². The van der Waals surface area contributed by atoms with Gasteiger partial charge in [-0.3, -0.25) is 9.10 Å². The maximum Gasteiger partial charge on any atom is 0.231 e. The minimum absolute atomic E-state index is 0.0329. The number of para-hydroxylation sites is 2. The smallest absolute Gasteiger partial charge is 0.231 e. The van der Waals surface area contributed by atoms with E-state index >= 15 is 0 Å². The topological polar surface area (TPSA) is 62.1 Å². The van der Waals surface area contributed by atoms with E-state index in [1.807, 2.05) is 60.4 Å². The molecular weight excluding hydrogens is 601 g/mol. The largest absolute Gasteiger partial charge is 0.329 e. The van der Waals surface area contributed by atoms with E-state index < -0.39 is 27.5 Å². The fourth-order valence-corrected chi connectivity index (χ4v) is 7.81. The molecule has 2 fully saturated rings. The number of anilines is 1. The van der Waals surface area contributed by atoms with Gasteiger partial charge >= 0.3 is 0 Å². The predicted molar refractivity (Wildman–Crippen MR) is 174 cm³/mol. The molecule has 0 N–H and O–H groups in total. The number of amides is 1. The van der Waals surface area contributed by atoms with Crippen LogP contribution in [0.5, 0.6) is 0 Å². The highest BCUT2D eigenvalue weighted by Crippen LogP contribution is 2.54. The number of carbonyl (C=O) groups is 1.